The maximum absolute atomic E-state index is 8.36. The molecule has 11 heteroatoms. The molecule has 0 spiro atoms. The molecule has 15 heavy (non-hydrogen) atoms. The van der Waals surface area contributed by atoms with Crippen LogP contribution in [-0.2, 0) is 0 Å². The lowest BCUT2D eigenvalue weighted by Crippen LogP contribution is -1.90. The maximum Gasteiger partial charge on any atom is 0.291 e. The van der Waals surface area contributed by atoms with E-state index in [0.717, 1.165) is 0 Å². The van der Waals surface area contributed by atoms with E-state index in [1.807, 2.05) is 0 Å². The van der Waals surface area contributed by atoms with Crippen molar-refractivity contribution in [3.8, 4) is 0 Å². The summed E-state index contributed by atoms with van der Waals surface area (Å²) >= 11 is 0. The Labute approximate surface area is 82.0 Å². The Morgan fingerprint density at radius 2 is 1.40 bits per heavy atom. The van der Waals surface area contributed by atoms with E-state index in [4.69, 9.17) is 36.4 Å². The van der Waals surface area contributed by atoms with Crippen LogP contribution in [-0.4, -0.2) is 30.6 Å². The van der Waals surface area contributed by atoms with Crippen LogP contribution in [0.15, 0.2) is 18.5 Å². The molecular weight excluding hydrogens is 214 g/mol. The number of anilines is 1. The summed E-state index contributed by atoms with van der Waals surface area (Å²) in [5.74, 6) is 0.322. The molecule has 0 radical (unpaired) electrons. The fourth-order valence-corrected chi connectivity index (χ4v) is 0.311. The summed E-state index contributed by atoms with van der Waals surface area (Å²) in [5, 5.41) is 27.3. The Morgan fingerprint density at radius 1 is 1.13 bits per heavy atom. The van der Waals surface area contributed by atoms with Gasteiger partial charge < -0.3 is 16.1 Å². The minimum atomic E-state index is -1.50. The number of nitrogens with two attached hydrogens (primary N) is 1. The van der Waals surface area contributed by atoms with Crippen molar-refractivity contribution in [2.24, 2.45) is 0 Å². The van der Waals surface area contributed by atoms with E-state index < -0.39 is 10.2 Å². The highest BCUT2D eigenvalue weighted by molar-refractivity contribution is 5.11. The molecule has 11 nitrogen and oxygen atoms in total. The molecule has 0 saturated heterocycles. The Balaban J connectivity index is 0. The third kappa shape index (κ3) is 34.8. The van der Waals surface area contributed by atoms with Crippen LogP contribution in [0.1, 0.15) is 0 Å². The summed E-state index contributed by atoms with van der Waals surface area (Å²) in [6.07, 6.45) is 3.20. The van der Waals surface area contributed by atoms with Gasteiger partial charge in [-0.1, -0.05) is 0 Å². The quantitative estimate of drug-likeness (QED) is 0.379. The molecular formula is C4H7N5O6. The number of aromatic nitrogens is 2. The largest absolute Gasteiger partial charge is 0.368 e. The number of hydrogen-bond donors (Lipinski definition) is 3. The van der Waals surface area contributed by atoms with E-state index in [0.29, 0.717) is 5.95 Å². The summed E-state index contributed by atoms with van der Waals surface area (Å²) in [6.45, 7) is 0. The van der Waals surface area contributed by atoms with Gasteiger partial charge in [0.2, 0.25) is 5.95 Å². The summed E-state index contributed by atoms with van der Waals surface area (Å²) in [5.41, 5.74) is 5.14. The van der Waals surface area contributed by atoms with Crippen LogP contribution in [0.5, 0.6) is 0 Å². The Kier molecular flexibility index (Phi) is 9.23. The molecule has 1 aromatic heterocycles. The molecule has 0 aliphatic rings. The fraction of sp³-hybridized carbons (Fsp3) is 0. The van der Waals surface area contributed by atoms with Crippen molar-refractivity contribution in [1.82, 2.24) is 9.97 Å². The van der Waals surface area contributed by atoms with Crippen molar-refractivity contribution in [2.45, 2.75) is 0 Å². The SMILES string of the molecule is Nc1ncccn1.O=[N+]([O-])O.O=[N+]([O-])O. The number of rotatable bonds is 0. The van der Waals surface area contributed by atoms with Crippen LogP contribution in [0.25, 0.3) is 0 Å². The van der Waals surface area contributed by atoms with E-state index in [1.165, 1.54) is 0 Å². The van der Waals surface area contributed by atoms with Gasteiger partial charge in [0.1, 0.15) is 0 Å². The standard InChI is InChI=1S/C4H5N3.2HNO3/c5-4-6-2-1-3-7-4;2*2-1(3)4/h1-3H,(H2,5,6,7);2*(H,2,3,4). The van der Waals surface area contributed by atoms with Crippen LogP contribution in [0.3, 0.4) is 0 Å². The molecule has 4 N–H and O–H groups in total. The molecule has 0 aliphatic heterocycles. The first kappa shape index (κ1) is 14.8. The van der Waals surface area contributed by atoms with Gasteiger partial charge in [0.15, 0.2) is 0 Å². The van der Waals surface area contributed by atoms with Gasteiger partial charge in [0, 0.05) is 12.4 Å². The first-order valence-electron chi connectivity index (χ1n) is 3.05. The first-order chi connectivity index (χ1) is 6.86. The zero-order valence-electron chi connectivity index (χ0n) is 7.13. The highest BCUT2D eigenvalue weighted by Gasteiger charge is 1.75. The highest BCUT2D eigenvalue weighted by atomic mass is 16.9. The van der Waals surface area contributed by atoms with Crippen molar-refractivity contribution in [2.75, 3.05) is 5.73 Å². The molecule has 0 atom stereocenters. The first-order valence-corrected chi connectivity index (χ1v) is 3.05. The van der Waals surface area contributed by atoms with Gasteiger partial charge in [-0.3, -0.25) is 0 Å². The molecule has 0 fully saturated rings. The van der Waals surface area contributed by atoms with Crippen LogP contribution in [0.2, 0.25) is 0 Å². The number of nitrogen functional groups attached to an aromatic ring is 1. The van der Waals surface area contributed by atoms with Crippen molar-refractivity contribution >= 4 is 5.95 Å². The highest BCUT2D eigenvalue weighted by Crippen LogP contribution is 1.81. The average molecular weight is 221 g/mol. The Hall–Kier alpha value is -2.72. The fourth-order valence-electron chi connectivity index (χ4n) is 0.311. The second-order valence-corrected chi connectivity index (χ2v) is 1.58. The Morgan fingerprint density at radius 3 is 1.53 bits per heavy atom. The molecule has 0 saturated carbocycles. The minimum absolute atomic E-state index is 0.322. The molecule has 1 aromatic rings. The van der Waals surface area contributed by atoms with Gasteiger partial charge in [-0.05, 0) is 6.07 Å². The van der Waals surface area contributed by atoms with Crippen LogP contribution in [0.4, 0.5) is 5.95 Å². The van der Waals surface area contributed by atoms with E-state index in [-0.39, 0.29) is 0 Å². The lowest BCUT2D eigenvalue weighted by molar-refractivity contribution is -0.742. The van der Waals surface area contributed by atoms with E-state index >= 15 is 0 Å². The van der Waals surface area contributed by atoms with Crippen LogP contribution >= 0.6 is 0 Å². The second kappa shape index (κ2) is 9.37. The normalized spacial score (nSPS) is 7.20. The van der Waals surface area contributed by atoms with Gasteiger partial charge >= 0.3 is 0 Å². The predicted octanol–water partition coefficient (Wildman–Crippen LogP) is -0.637. The number of hydrogen-bond acceptors (Lipinski definition) is 7. The van der Waals surface area contributed by atoms with E-state index in [1.54, 1.807) is 18.5 Å². The summed E-state index contributed by atoms with van der Waals surface area (Å²) < 4.78 is 0. The minimum Gasteiger partial charge on any atom is -0.368 e. The molecule has 0 amide bonds. The third-order valence-electron chi connectivity index (χ3n) is 0.586. The second-order valence-electron chi connectivity index (χ2n) is 1.58. The van der Waals surface area contributed by atoms with Gasteiger partial charge in [-0.2, -0.15) is 0 Å². The zero-order chi connectivity index (χ0) is 12.3. The zero-order valence-corrected chi connectivity index (χ0v) is 7.13. The van der Waals surface area contributed by atoms with Crippen molar-refractivity contribution in [3.05, 3.63) is 38.7 Å². The predicted molar refractivity (Wildman–Crippen MR) is 44.0 cm³/mol. The molecule has 0 aliphatic carbocycles. The van der Waals surface area contributed by atoms with Crippen LogP contribution < -0.4 is 5.73 Å². The van der Waals surface area contributed by atoms with Crippen molar-refractivity contribution < 1.29 is 20.6 Å². The summed E-state index contributed by atoms with van der Waals surface area (Å²) in [6, 6.07) is 1.72. The Bertz CT molecular complexity index is 271. The molecule has 84 valence electrons. The lowest BCUT2D eigenvalue weighted by Gasteiger charge is -1.82. The van der Waals surface area contributed by atoms with Gasteiger partial charge in [-0.15, -0.1) is 20.2 Å². The topological polar surface area (TPSA) is 179 Å². The van der Waals surface area contributed by atoms with Crippen molar-refractivity contribution in [1.29, 1.82) is 0 Å². The molecule has 1 heterocycles. The van der Waals surface area contributed by atoms with E-state index in [2.05, 4.69) is 9.97 Å². The lowest BCUT2D eigenvalue weighted by atomic mass is 10.7. The van der Waals surface area contributed by atoms with Gasteiger partial charge in [0.05, 0.1) is 0 Å². The van der Waals surface area contributed by atoms with Crippen LogP contribution in [0, 0.1) is 20.2 Å². The smallest absolute Gasteiger partial charge is 0.291 e. The van der Waals surface area contributed by atoms with Gasteiger partial charge in [-0.25, -0.2) is 9.97 Å². The molecule has 1 rings (SSSR count). The van der Waals surface area contributed by atoms with Gasteiger partial charge in [0.25, 0.3) is 10.2 Å². The third-order valence-corrected chi connectivity index (χ3v) is 0.586. The van der Waals surface area contributed by atoms with E-state index in [9.17, 15) is 0 Å². The summed E-state index contributed by atoms with van der Waals surface area (Å²) in [7, 11) is 0. The average Bonchev–Trinajstić information content (AvgIpc) is 2.03. The summed E-state index contributed by atoms with van der Waals surface area (Å²) in [4.78, 5) is 24.0. The van der Waals surface area contributed by atoms with Crippen molar-refractivity contribution in [3.63, 3.8) is 0 Å². The molecule has 0 unspecified atom stereocenters. The number of nitrogens with zero attached hydrogens (tertiary/aromatic N) is 4. The maximum atomic E-state index is 8.36. The molecule has 0 bridgehead atoms. The molecule has 0 aromatic carbocycles. The monoisotopic (exact) mass is 221 g/mol.